The fourth-order valence-electron chi connectivity index (χ4n) is 2.93. The molecule has 3 aromatic rings. The Balaban J connectivity index is 1.75. The maximum atomic E-state index is 12.8. The smallest absolute Gasteiger partial charge is 0.289 e. The molecular weight excluding hydrogens is 418 g/mol. The Hall–Kier alpha value is -2.98. The first-order valence-corrected chi connectivity index (χ1v) is 11.3. The number of rotatable bonds is 8. The first-order chi connectivity index (χ1) is 14.5. The normalized spacial score (nSPS) is 13.2. The predicted octanol–water partition coefficient (Wildman–Crippen LogP) is 2.45. The van der Waals surface area contributed by atoms with Crippen molar-refractivity contribution in [1.82, 2.24) is 24.8 Å². The number of sulfonamides is 1. The second-order valence-corrected chi connectivity index (χ2v) is 10.3. The largest absolute Gasteiger partial charge is 0.436 e. The van der Waals surface area contributed by atoms with E-state index in [0.717, 1.165) is 5.56 Å². The van der Waals surface area contributed by atoms with Gasteiger partial charge in [0.15, 0.2) is 5.89 Å². The molecule has 10 heteroatoms. The van der Waals surface area contributed by atoms with E-state index in [1.165, 1.54) is 23.3 Å². The minimum Gasteiger partial charge on any atom is -0.436 e. The van der Waals surface area contributed by atoms with Crippen LogP contribution in [-0.4, -0.2) is 35.6 Å². The minimum atomic E-state index is -3.78. The van der Waals surface area contributed by atoms with Crippen LogP contribution in [-0.2, 0) is 23.5 Å². The topological polar surface area (TPSA) is 119 Å². The summed E-state index contributed by atoms with van der Waals surface area (Å²) in [5.41, 5.74) is 0.717. The highest BCUT2D eigenvalue weighted by molar-refractivity contribution is 7.89. The van der Waals surface area contributed by atoms with Crippen molar-refractivity contribution in [3.05, 3.63) is 66.1 Å². The van der Waals surface area contributed by atoms with Crippen LogP contribution in [0.25, 0.3) is 0 Å². The van der Waals surface area contributed by atoms with E-state index in [-0.39, 0.29) is 22.6 Å². The van der Waals surface area contributed by atoms with Crippen LogP contribution in [0, 0.1) is 5.41 Å². The first-order valence-electron chi connectivity index (χ1n) is 9.82. The number of amides is 1. The molecule has 9 nitrogen and oxygen atoms in total. The third-order valence-corrected chi connectivity index (χ3v) is 5.81. The molecule has 0 saturated carbocycles. The number of carbonyl (C=O) groups is 1. The number of benzene rings is 1. The predicted molar refractivity (Wildman–Crippen MR) is 115 cm³/mol. The molecule has 1 atom stereocenters. The van der Waals surface area contributed by atoms with Crippen LogP contribution in [0.2, 0.25) is 0 Å². The molecule has 0 fully saturated rings. The second kappa shape index (κ2) is 9.03. The van der Waals surface area contributed by atoms with Crippen LogP contribution in [0.5, 0.6) is 0 Å². The van der Waals surface area contributed by atoms with Gasteiger partial charge in [0.1, 0.15) is 4.90 Å². The number of nitrogens with zero attached hydrogens (tertiary/aromatic N) is 3. The average molecular weight is 446 g/mol. The number of aryl methyl sites for hydroxylation is 1. The summed E-state index contributed by atoms with van der Waals surface area (Å²) in [7, 11) is -2.14. The van der Waals surface area contributed by atoms with E-state index in [0.29, 0.717) is 12.3 Å². The fraction of sp³-hybridized carbons (Fsp3) is 0.381. The van der Waals surface area contributed by atoms with Gasteiger partial charge in [0.25, 0.3) is 5.91 Å². The van der Waals surface area contributed by atoms with Crippen molar-refractivity contribution in [2.75, 3.05) is 6.54 Å². The summed E-state index contributed by atoms with van der Waals surface area (Å²) in [6.07, 6.45) is 4.65. The van der Waals surface area contributed by atoms with Crippen molar-refractivity contribution in [3.8, 4) is 0 Å². The van der Waals surface area contributed by atoms with Gasteiger partial charge in [0.05, 0.1) is 18.4 Å². The van der Waals surface area contributed by atoms with Gasteiger partial charge in [-0.25, -0.2) is 18.1 Å². The molecule has 2 aromatic heterocycles. The van der Waals surface area contributed by atoms with E-state index < -0.39 is 22.0 Å². The number of aromatic nitrogens is 3. The molecule has 3 rings (SSSR count). The summed E-state index contributed by atoms with van der Waals surface area (Å²) >= 11 is 0. The lowest BCUT2D eigenvalue weighted by molar-refractivity contribution is 0.0906. The maximum absolute atomic E-state index is 12.8. The summed E-state index contributed by atoms with van der Waals surface area (Å²) in [6, 6.07) is 8.50. The fourth-order valence-corrected chi connectivity index (χ4v) is 3.96. The van der Waals surface area contributed by atoms with Crippen LogP contribution in [0.3, 0.4) is 0 Å². The Bertz CT molecular complexity index is 1130. The summed E-state index contributed by atoms with van der Waals surface area (Å²) in [4.78, 5) is 17.0. The van der Waals surface area contributed by atoms with Crippen LogP contribution >= 0.6 is 0 Å². The highest BCUT2D eigenvalue weighted by Crippen LogP contribution is 2.21. The van der Waals surface area contributed by atoms with E-state index >= 15 is 0 Å². The Morgan fingerprint density at radius 3 is 2.52 bits per heavy atom. The monoisotopic (exact) mass is 445 g/mol. The lowest BCUT2D eigenvalue weighted by Crippen LogP contribution is -2.37. The van der Waals surface area contributed by atoms with Gasteiger partial charge in [-0.1, -0.05) is 51.1 Å². The first kappa shape index (κ1) is 22.7. The SMILES string of the molecule is Cn1cc(S(=O)(=O)NCC(NC(=O)c2cnc(CC(C)(C)C)o2)c2ccccc2)cn1. The van der Waals surface area contributed by atoms with Gasteiger partial charge in [-0.05, 0) is 11.0 Å². The quantitative estimate of drug-likeness (QED) is 0.550. The lowest BCUT2D eigenvalue weighted by atomic mass is 9.92. The number of hydrogen-bond donors (Lipinski definition) is 2. The van der Waals surface area contributed by atoms with E-state index in [1.807, 2.05) is 30.3 Å². The number of hydrogen-bond acceptors (Lipinski definition) is 6. The van der Waals surface area contributed by atoms with Crippen molar-refractivity contribution in [2.45, 2.75) is 38.1 Å². The van der Waals surface area contributed by atoms with Crippen molar-refractivity contribution in [1.29, 1.82) is 0 Å². The van der Waals surface area contributed by atoms with E-state index in [4.69, 9.17) is 4.42 Å². The summed E-state index contributed by atoms with van der Waals surface area (Å²) in [5, 5.41) is 6.73. The molecule has 0 bridgehead atoms. The molecule has 166 valence electrons. The molecule has 0 aliphatic rings. The van der Waals surface area contributed by atoms with E-state index in [9.17, 15) is 13.2 Å². The molecule has 2 N–H and O–H groups in total. The summed E-state index contributed by atoms with van der Waals surface area (Å²) < 4.78 is 34.7. The molecular formula is C21H27N5O4S. The average Bonchev–Trinajstić information content (AvgIpc) is 3.34. The van der Waals surface area contributed by atoms with Gasteiger partial charge in [-0.3, -0.25) is 9.48 Å². The zero-order valence-corrected chi connectivity index (χ0v) is 18.8. The highest BCUT2D eigenvalue weighted by atomic mass is 32.2. The molecule has 2 heterocycles. The van der Waals surface area contributed by atoms with Gasteiger partial charge in [0.2, 0.25) is 15.8 Å². The third-order valence-electron chi connectivity index (χ3n) is 4.44. The molecule has 0 aliphatic carbocycles. The van der Waals surface area contributed by atoms with Crippen LogP contribution in [0.15, 0.2) is 58.2 Å². The Labute approximate surface area is 181 Å². The summed E-state index contributed by atoms with van der Waals surface area (Å²) in [5.74, 6) is 0.0866. The molecule has 1 unspecified atom stereocenters. The molecule has 1 amide bonds. The molecule has 0 aliphatic heterocycles. The van der Waals surface area contributed by atoms with Gasteiger partial charge >= 0.3 is 0 Å². The van der Waals surface area contributed by atoms with Crippen molar-refractivity contribution in [2.24, 2.45) is 12.5 Å². The molecule has 1 aromatic carbocycles. The van der Waals surface area contributed by atoms with Crippen molar-refractivity contribution in [3.63, 3.8) is 0 Å². The Morgan fingerprint density at radius 1 is 1.19 bits per heavy atom. The molecule has 0 radical (unpaired) electrons. The highest BCUT2D eigenvalue weighted by Gasteiger charge is 2.23. The van der Waals surface area contributed by atoms with Gasteiger partial charge < -0.3 is 9.73 Å². The second-order valence-electron chi connectivity index (χ2n) is 8.49. The number of nitrogens with one attached hydrogen (secondary N) is 2. The van der Waals surface area contributed by atoms with E-state index in [1.54, 1.807) is 7.05 Å². The van der Waals surface area contributed by atoms with Crippen molar-refractivity contribution < 1.29 is 17.6 Å². The van der Waals surface area contributed by atoms with Crippen LogP contribution in [0.4, 0.5) is 0 Å². The van der Waals surface area contributed by atoms with Crippen LogP contribution < -0.4 is 10.0 Å². The molecule has 31 heavy (non-hydrogen) atoms. The van der Waals surface area contributed by atoms with Gasteiger partial charge in [0, 0.05) is 26.2 Å². The van der Waals surface area contributed by atoms with E-state index in [2.05, 4.69) is 40.9 Å². The third kappa shape index (κ3) is 6.25. The number of carbonyl (C=O) groups excluding carboxylic acids is 1. The lowest BCUT2D eigenvalue weighted by Gasteiger charge is -2.19. The summed E-state index contributed by atoms with van der Waals surface area (Å²) in [6.45, 7) is 6.11. The van der Waals surface area contributed by atoms with Crippen LogP contribution in [0.1, 0.15) is 48.8 Å². The standard InChI is InChI=1S/C21H27N5O4S/c1-21(2,3)10-19-22-13-18(30-19)20(27)25-17(15-8-6-5-7-9-15)12-24-31(28,29)16-11-23-26(4)14-16/h5-9,11,13-14,17,24H,10,12H2,1-4H3,(H,25,27). The Morgan fingerprint density at radius 2 is 1.90 bits per heavy atom. The van der Waals surface area contributed by atoms with Gasteiger partial charge in [-0.15, -0.1) is 0 Å². The molecule has 0 spiro atoms. The van der Waals surface area contributed by atoms with Gasteiger partial charge in [-0.2, -0.15) is 5.10 Å². The zero-order valence-electron chi connectivity index (χ0n) is 18.0. The molecule has 0 saturated heterocycles. The Kier molecular flexibility index (Phi) is 6.61. The zero-order chi connectivity index (χ0) is 22.6. The van der Waals surface area contributed by atoms with Crippen molar-refractivity contribution >= 4 is 15.9 Å². The maximum Gasteiger partial charge on any atom is 0.289 e. The number of oxazole rings is 1. The minimum absolute atomic E-state index is 0.0320.